The minimum absolute atomic E-state index is 0.0142. The first-order valence-corrected chi connectivity index (χ1v) is 10.8. The van der Waals surface area contributed by atoms with Crippen LogP contribution in [0.15, 0.2) is 54.8 Å². The Morgan fingerprint density at radius 2 is 1.77 bits per heavy atom. The first-order valence-electron chi connectivity index (χ1n) is 10.8. The third-order valence-electron chi connectivity index (χ3n) is 6.01. The van der Waals surface area contributed by atoms with E-state index in [9.17, 15) is 15.3 Å². The molecule has 2 fully saturated rings. The van der Waals surface area contributed by atoms with Crippen LogP contribution < -0.4 is 4.74 Å². The second-order valence-corrected chi connectivity index (χ2v) is 8.25. The summed E-state index contributed by atoms with van der Waals surface area (Å²) in [5.74, 6) is 0.812. The second-order valence-electron chi connectivity index (χ2n) is 8.25. The quantitative estimate of drug-likeness (QED) is 0.658. The van der Waals surface area contributed by atoms with E-state index in [1.807, 2.05) is 18.2 Å². The highest BCUT2D eigenvalue weighted by Crippen LogP contribution is 2.36. The fraction of sp³-hybridized carbons (Fsp3) is 0.440. The topological polar surface area (TPSA) is 88.4 Å². The van der Waals surface area contributed by atoms with Crippen LogP contribution in [0.1, 0.15) is 41.7 Å². The maximum absolute atomic E-state index is 10.5. The number of aliphatic hydroxyl groups excluding tert-OH is 3. The van der Waals surface area contributed by atoms with Gasteiger partial charge in [-0.25, -0.2) is 0 Å². The number of aliphatic hydroxyl groups is 3. The smallest absolute Gasteiger partial charge is 0.152 e. The van der Waals surface area contributed by atoms with E-state index in [0.717, 1.165) is 29.7 Å². The van der Waals surface area contributed by atoms with Gasteiger partial charge >= 0.3 is 0 Å². The van der Waals surface area contributed by atoms with E-state index >= 15 is 0 Å². The Morgan fingerprint density at radius 3 is 2.45 bits per heavy atom. The Morgan fingerprint density at radius 1 is 1.03 bits per heavy atom. The zero-order valence-electron chi connectivity index (χ0n) is 17.7. The Kier molecular flexibility index (Phi) is 6.62. The highest BCUT2D eigenvalue weighted by Gasteiger charge is 2.41. The molecule has 2 aliphatic rings. The van der Waals surface area contributed by atoms with Gasteiger partial charge in [-0.3, -0.25) is 0 Å². The summed E-state index contributed by atoms with van der Waals surface area (Å²) >= 11 is 0. The van der Waals surface area contributed by atoms with E-state index in [1.54, 1.807) is 0 Å². The molecule has 2 aromatic rings. The largest absolute Gasteiger partial charge is 0.488 e. The highest BCUT2D eigenvalue weighted by molar-refractivity contribution is 5.42. The van der Waals surface area contributed by atoms with Gasteiger partial charge in [0.15, 0.2) is 6.10 Å². The fourth-order valence-electron chi connectivity index (χ4n) is 4.05. The third kappa shape index (κ3) is 4.77. The van der Waals surface area contributed by atoms with E-state index in [0.29, 0.717) is 25.2 Å². The molecule has 31 heavy (non-hydrogen) atoms. The molecule has 166 valence electrons. The van der Waals surface area contributed by atoms with Crippen molar-refractivity contribution in [1.29, 1.82) is 0 Å². The van der Waals surface area contributed by atoms with Crippen LogP contribution in [-0.2, 0) is 22.3 Å². The molecule has 6 nitrogen and oxygen atoms in total. The lowest BCUT2D eigenvalue weighted by Gasteiger charge is -2.37. The minimum Gasteiger partial charge on any atom is -0.488 e. The summed E-state index contributed by atoms with van der Waals surface area (Å²) in [6.07, 6.45) is -2.27. The van der Waals surface area contributed by atoms with Crippen molar-refractivity contribution in [3.05, 3.63) is 77.1 Å². The first-order chi connectivity index (χ1) is 15.0. The van der Waals surface area contributed by atoms with E-state index in [4.69, 9.17) is 14.2 Å². The van der Waals surface area contributed by atoms with E-state index < -0.39 is 24.4 Å². The van der Waals surface area contributed by atoms with Crippen molar-refractivity contribution in [2.45, 2.75) is 56.7 Å². The molecule has 0 saturated carbocycles. The molecule has 2 aliphatic heterocycles. The molecule has 0 bridgehead atoms. The zero-order valence-corrected chi connectivity index (χ0v) is 17.7. The Hall–Kier alpha value is -2.38. The molecule has 3 N–H and O–H groups in total. The zero-order chi connectivity index (χ0) is 22.0. The lowest BCUT2D eigenvalue weighted by Crippen LogP contribution is -2.47. The van der Waals surface area contributed by atoms with Crippen LogP contribution in [0.2, 0.25) is 0 Å². The first kappa shape index (κ1) is 21.8. The van der Waals surface area contributed by atoms with Gasteiger partial charge in [0, 0.05) is 12.8 Å². The second kappa shape index (κ2) is 9.40. The van der Waals surface area contributed by atoms with Gasteiger partial charge in [-0.2, -0.15) is 0 Å². The highest BCUT2D eigenvalue weighted by atomic mass is 16.5. The van der Waals surface area contributed by atoms with Crippen molar-refractivity contribution in [2.75, 3.05) is 13.2 Å². The average molecular weight is 427 g/mol. The van der Waals surface area contributed by atoms with Crippen molar-refractivity contribution >= 4 is 0 Å². The molecule has 0 amide bonds. The predicted octanol–water partition coefficient (Wildman–Crippen LogP) is 2.68. The molecule has 0 spiro atoms. The van der Waals surface area contributed by atoms with Crippen molar-refractivity contribution in [1.82, 2.24) is 0 Å². The molecule has 0 aromatic heterocycles. The Bertz CT molecular complexity index is 903. The summed E-state index contributed by atoms with van der Waals surface area (Å²) in [5, 5.41) is 30.6. The predicted molar refractivity (Wildman–Crippen MR) is 116 cm³/mol. The molecular formula is C25H30O6. The van der Waals surface area contributed by atoms with Crippen LogP contribution in [0, 0.1) is 0 Å². The van der Waals surface area contributed by atoms with Crippen molar-refractivity contribution in [3.63, 3.8) is 0 Å². The molecule has 0 aliphatic carbocycles. The van der Waals surface area contributed by atoms with Crippen LogP contribution in [0.4, 0.5) is 0 Å². The van der Waals surface area contributed by atoms with Crippen molar-refractivity contribution in [3.8, 4) is 5.75 Å². The SMILES string of the molecule is C=C1O[C@@H](c2ccc(OC3CCOC3)c(Cc3ccc(CC)cc3)c2)[C@H](O)[C@@H](O)[C@@H]1O. The molecule has 2 heterocycles. The molecular weight excluding hydrogens is 396 g/mol. The van der Waals surface area contributed by atoms with Crippen LogP contribution in [0.25, 0.3) is 0 Å². The van der Waals surface area contributed by atoms with Gasteiger partial charge in [-0.05, 0) is 40.8 Å². The van der Waals surface area contributed by atoms with Crippen LogP contribution >= 0.6 is 0 Å². The lowest BCUT2D eigenvalue weighted by molar-refractivity contribution is -0.157. The summed E-state index contributed by atoms with van der Waals surface area (Å²) < 4.78 is 17.3. The number of hydrogen-bond acceptors (Lipinski definition) is 6. The van der Waals surface area contributed by atoms with Gasteiger partial charge in [0.05, 0.1) is 13.2 Å². The Balaban J connectivity index is 1.64. The molecule has 6 heteroatoms. The van der Waals surface area contributed by atoms with Gasteiger partial charge in [0.2, 0.25) is 0 Å². The fourth-order valence-corrected chi connectivity index (χ4v) is 4.05. The van der Waals surface area contributed by atoms with Gasteiger partial charge in [-0.1, -0.05) is 43.8 Å². The average Bonchev–Trinajstić information content (AvgIpc) is 3.30. The van der Waals surface area contributed by atoms with Crippen molar-refractivity contribution < 1.29 is 29.5 Å². The minimum atomic E-state index is -1.36. The van der Waals surface area contributed by atoms with E-state index in [2.05, 4.69) is 37.8 Å². The van der Waals surface area contributed by atoms with Crippen molar-refractivity contribution in [2.24, 2.45) is 0 Å². The monoisotopic (exact) mass is 426 g/mol. The molecule has 2 aromatic carbocycles. The summed E-state index contributed by atoms with van der Waals surface area (Å²) in [6, 6.07) is 14.1. The van der Waals surface area contributed by atoms with Crippen LogP contribution in [-0.4, -0.2) is 52.9 Å². The van der Waals surface area contributed by atoms with E-state index in [1.165, 1.54) is 5.56 Å². The summed E-state index contributed by atoms with van der Waals surface area (Å²) in [5.41, 5.74) is 4.07. The normalized spacial score (nSPS) is 28.4. The lowest BCUT2D eigenvalue weighted by atomic mass is 9.91. The molecule has 4 rings (SSSR count). The molecule has 0 radical (unpaired) electrons. The molecule has 5 atom stereocenters. The maximum Gasteiger partial charge on any atom is 0.152 e. The van der Waals surface area contributed by atoms with Gasteiger partial charge in [0.1, 0.15) is 35.9 Å². The summed E-state index contributed by atoms with van der Waals surface area (Å²) in [6.45, 7) is 7.06. The van der Waals surface area contributed by atoms with Gasteiger partial charge in [-0.15, -0.1) is 0 Å². The summed E-state index contributed by atoms with van der Waals surface area (Å²) in [4.78, 5) is 0. The number of hydrogen-bond donors (Lipinski definition) is 3. The maximum atomic E-state index is 10.5. The number of benzene rings is 2. The van der Waals surface area contributed by atoms with Crippen LogP contribution in [0.3, 0.4) is 0 Å². The third-order valence-corrected chi connectivity index (χ3v) is 6.01. The van der Waals surface area contributed by atoms with Gasteiger partial charge in [0.25, 0.3) is 0 Å². The molecule has 2 saturated heterocycles. The molecule has 1 unspecified atom stereocenters. The number of rotatable bonds is 6. The standard InChI is InChI=1S/C25H30O6/c1-3-16-4-6-17(7-5-16)12-19-13-18(8-9-21(19)31-20-10-11-29-14-20)25-24(28)23(27)22(26)15(2)30-25/h4-9,13,20,22-28H,2-3,10-12,14H2,1H3/t20?,22-,23+,24-,25+/m1/s1. The number of aryl methyl sites for hydroxylation is 1. The van der Waals surface area contributed by atoms with Gasteiger partial charge < -0.3 is 29.5 Å². The Labute approximate surface area is 182 Å². The van der Waals surface area contributed by atoms with E-state index in [-0.39, 0.29) is 11.9 Å². The van der Waals surface area contributed by atoms with Crippen LogP contribution in [0.5, 0.6) is 5.75 Å². The summed E-state index contributed by atoms with van der Waals surface area (Å²) in [7, 11) is 0. The number of ether oxygens (including phenoxy) is 3.